The molecule has 5 heteroatoms. The number of methoxy groups -OCH3 is 1. The first kappa shape index (κ1) is 11.4. The van der Waals surface area contributed by atoms with Gasteiger partial charge in [-0.1, -0.05) is 0 Å². The summed E-state index contributed by atoms with van der Waals surface area (Å²) in [5.74, 6) is -0.516. The SMILES string of the molecule is COC(=O)[C@H]1[C@H]2[C@H](C[C@@H]3OC[C@H]2O3)C[C@]1(C)O. The largest absolute Gasteiger partial charge is 0.469 e. The maximum absolute atomic E-state index is 11.9. The molecule has 0 aromatic carbocycles. The quantitative estimate of drug-likeness (QED) is 0.670. The summed E-state index contributed by atoms with van der Waals surface area (Å²) in [6.45, 7) is 2.25. The van der Waals surface area contributed by atoms with Crippen LogP contribution in [0.3, 0.4) is 0 Å². The van der Waals surface area contributed by atoms with Gasteiger partial charge < -0.3 is 19.3 Å². The van der Waals surface area contributed by atoms with Crippen molar-refractivity contribution in [2.75, 3.05) is 13.7 Å². The van der Waals surface area contributed by atoms with Crippen LogP contribution in [0.25, 0.3) is 0 Å². The number of carbonyl (C=O) groups is 1. The molecule has 0 aromatic heterocycles. The van der Waals surface area contributed by atoms with Crippen molar-refractivity contribution in [3.63, 3.8) is 0 Å². The summed E-state index contributed by atoms with van der Waals surface area (Å²) in [7, 11) is 1.36. The molecule has 6 atom stereocenters. The molecule has 17 heavy (non-hydrogen) atoms. The van der Waals surface area contributed by atoms with Crippen LogP contribution in [0, 0.1) is 17.8 Å². The molecule has 0 amide bonds. The second-order valence-corrected chi connectivity index (χ2v) is 5.57. The van der Waals surface area contributed by atoms with Gasteiger partial charge in [0, 0.05) is 12.3 Å². The number of ether oxygens (including phenoxy) is 3. The highest BCUT2D eigenvalue weighted by Crippen LogP contribution is 2.53. The van der Waals surface area contributed by atoms with Gasteiger partial charge in [-0.05, 0) is 19.3 Å². The molecule has 0 unspecified atom stereocenters. The highest BCUT2D eigenvalue weighted by atomic mass is 16.7. The van der Waals surface area contributed by atoms with E-state index >= 15 is 0 Å². The van der Waals surface area contributed by atoms with E-state index in [1.165, 1.54) is 7.11 Å². The van der Waals surface area contributed by atoms with E-state index in [1.807, 2.05) is 0 Å². The maximum Gasteiger partial charge on any atom is 0.311 e. The van der Waals surface area contributed by atoms with Gasteiger partial charge in [-0.2, -0.15) is 0 Å². The van der Waals surface area contributed by atoms with Crippen molar-refractivity contribution < 1.29 is 24.1 Å². The van der Waals surface area contributed by atoms with Crippen LogP contribution in [0.1, 0.15) is 19.8 Å². The van der Waals surface area contributed by atoms with E-state index in [0.29, 0.717) is 18.9 Å². The summed E-state index contributed by atoms with van der Waals surface area (Å²) >= 11 is 0. The van der Waals surface area contributed by atoms with E-state index in [4.69, 9.17) is 14.2 Å². The monoisotopic (exact) mass is 242 g/mol. The summed E-state index contributed by atoms with van der Waals surface area (Å²) in [5, 5.41) is 10.4. The number of fused-ring (bicyclic) bond motifs is 4. The van der Waals surface area contributed by atoms with Crippen LogP contribution in [0.4, 0.5) is 0 Å². The van der Waals surface area contributed by atoms with E-state index in [-0.39, 0.29) is 24.3 Å². The molecule has 0 spiro atoms. The Labute approximate surface area is 100 Å². The summed E-state index contributed by atoms with van der Waals surface area (Å²) in [5.41, 5.74) is -0.990. The van der Waals surface area contributed by atoms with Crippen LogP contribution in [-0.2, 0) is 19.0 Å². The van der Waals surface area contributed by atoms with Gasteiger partial charge >= 0.3 is 5.97 Å². The van der Waals surface area contributed by atoms with Gasteiger partial charge in [0.1, 0.15) is 0 Å². The minimum atomic E-state index is -0.990. The smallest absolute Gasteiger partial charge is 0.311 e. The third kappa shape index (κ3) is 1.60. The average Bonchev–Trinajstić information content (AvgIpc) is 2.77. The molecular formula is C12H18O5. The molecule has 1 N–H and O–H groups in total. The molecule has 2 bridgehead atoms. The first-order chi connectivity index (χ1) is 8.03. The molecule has 2 heterocycles. The van der Waals surface area contributed by atoms with E-state index in [2.05, 4.69) is 0 Å². The van der Waals surface area contributed by atoms with Gasteiger partial charge in [0.05, 0.1) is 31.3 Å². The standard InChI is InChI=1S/C12H18O5/c1-12(14)4-6-3-8-16-5-7(17-8)9(6)10(12)11(13)15-2/h6-10,14H,3-5H2,1-2H3/t6-,7-,8-,9+,10-,12+/m1/s1. The minimum absolute atomic E-state index is 0.0243. The van der Waals surface area contributed by atoms with Crippen LogP contribution in [0.5, 0.6) is 0 Å². The molecule has 2 aliphatic heterocycles. The molecule has 0 aromatic rings. The fourth-order valence-corrected chi connectivity index (χ4v) is 3.83. The Morgan fingerprint density at radius 3 is 3.00 bits per heavy atom. The second-order valence-electron chi connectivity index (χ2n) is 5.57. The number of esters is 1. The molecule has 2 saturated heterocycles. The van der Waals surface area contributed by atoms with Gasteiger partial charge in [-0.25, -0.2) is 0 Å². The van der Waals surface area contributed by atoms with Crippen molar-refractivity contribution in [2.24, 2.45) is 17.8 Å². The van der Waals surface area contributed by atoms with Gasteiger partial charge in [0.2, 0.25) is 0 Å². The molecular weight excluding hydrogens is 224 g/mol. The van der Waals surface area contributed by atoms with Crippen LogP contribution in [-0.4, -0.2) is 42.8 Å². The van der Waals surface area contributed by atoms with E-state index < -0.39 is 11.5 Å². The molecule has 3 aliphatic rings. The van der Waals surface area contributed by atoms with Crippen LogP contribution >= 0.6 is 0 Å². The number of hydrogen-bond acceptors (Lipinski definition) is 5. The lowest BCUT2D eigenvalue weighted by Gasteiger charge is -2.33. The zero-order valence-electron chi connectivity index (χ0n) is 10.1. The third-order valence-corrected chi connectivity index (χ3v) is 4.43. The van der Waals surface area contributed by atoms with Crippen molar-refractivity contribution in [1.82, 2.24) is 0 Å². The lowest BCUT2D eigenvalue weighted by atomic mass is 9.80. The fourth-order valence-electron chi connectivity index (χ4n) is 3.83. The molecule has 3 rings (SSSR count). The molecule has 0 radical (unpaired) electrons. The first-order valence-electron chi connectivity index (χ1n) is 6.10. The molecule has 5 nitrogen and oxygen atoms in total. The van der Waals surface area contributed by atoms with Crippen LogP contribution < -0.4 is 0 Å². The molecule has 96 valence electrons. The van der Waals surface area contributed by atoms with Crippen molar-refractivity contribution >= 4 is 5.97 Å². The second kappa shape index (κ2) is 3.67. The van der Waals surface area contributed by atoms with E-state index in [9.17, 15) is 9.90 Å². The van der Waals surface area contributed by atoms with Crippen molar-refractivity contribution in [3.05, 3.63) is 0 Å². The third-order valence-electron chi connectivity index (χ3n) is 4.43. The number of aliphatic hydroxyl groups is 1. The van der Waals surface area contributed by atoms with E-state index in [0.717, 1.165) is 6.42 Å². The molecule has 3 fully saturated rings. The highest BCUT2D eigenvalue weighted by Gasteiger charge is 2.60. The normalized spacial score (nSPS) is 52.3. The van der Waals surface area contributed by atoms with Gasteiger partial charge in [0.25, 0.3) is 0 Å². The Morgan fingerprint density at radius 1 is 1.53 bits per heavy atom. The highest BCUT2D eigenvalue weighted by molar-refractivity contribution is 5.75. The predicted octanol–water partition coefficient (Wildman–Crippen LogP) is 0.308. The van der Waals surface area contributed by atoms with Gasteiger partial charge in [-0.15, -0.1) is 0 Å². The lowest BCUT2D eigenvalue weighted by Crippen LogP contribution is -2.44. The summed E-state index contributed by atoms with van der Waals surface area (Å²) in [6, 6.07) is 0. The lowest BCUT2D eigenvalue weighted by molar-refractivity contribution is -0.162. The fraction of sp³-hybridized carbons (Fsp3) is 0.917. The zero-order valence-corrected chi connectivity index (χ0v) is 10.1. The van der Waals surface area contributed by atoms with Crippen molar-refractivity contribution in [2.45, 2.75) is 37.8 Å². The predicted molar refractivity (Wildman–Crippen MR) is 57.0 cm³/mol. The van der Waals surface area contributed by atoms with Crippen LogP contribution in [0.15, 0.2) is 0 Å². The summed E-state index contributed by atoms with van der Waals surface area (Å²) in [4.78, 5) is 11.9. The Kier molecular flexibility index (Phi) is 2.47. The molecule has 1 saturated carbocycles. The Bertz CT molecular complexity index is 340. The topological polar surface area (TPSA) is 65.0 Å². The summed E-state index contributed by atoms with van der Waals surface area (Å²) < 4.78 is 16.0. The average molecular weight is 242 g/mol. The van der Waals surface area contributed by atoms with E-state index in [1.54, 1.807) is 6.92 Å². The Morgan fingerprint density at radius 2 is 2.29 bits per heavy atom. The van der Waals surface area contributed by atoms with Crippen molar-refractivity contribution in [3.8, 4) is 0 Å². The number of hydrogen-bond donors (Lipinski definition) is 1. The Balaban J connectivity index is 1.92. The van der Waals surface area contributed by atoms with Crippen molar-refractivity contribution in [1.29, 1.82) is 0 Å². The zero-order chi connectivity index (χ0) is 12.2. The minimum Gasteiger partial charge on any atom is -0.469 e. The molecule has 1 aliphatic carbocycles. The van der Waals surface area contributed by atoms with Gasteiger partial charge in [0.15, 0.2) is 6.29 Å². The first-order valence-corrected chi connectivity index (χ1v) is 6.10. The maximum atomic E-state index is 11.9. The summed E-state index contributed by atoms with van der Waals surface area (Å²) in [6.07, 6.45) is 1.17. The Hall–Kier alpha value is -0.650. The number of rotatable bonds is 1. The number of carbonyl (C=O) groups excluding carboxylic acids is 1. The van der Waals surface area contributed by atoms with Gasteiger partial charge in [-0.3, -0.25) is 4.79 Å². The van der Waals surface area contributed by atoms with Crippen LogP contribution in [0.2, 0.25) is 0 Å².